The normalized spacial score (nSPS) is 11.3. The third-order valence-corrected chi connectivity index (χ3v) is 5.55. The maximum Gasteiger partial charge on any atom is 0.275 e. The van der Waals surface area contributed by atoms with Gasteiger partial charge >= 0.3 is 0 Å². The van der Waals surface area contributed by atoms with Crippen LogP contribution in [0, 0.1) is 0 Å². The Morgan fingerprint density at radius 3 is 2.09 bits per heavy atom. The van der Waals surface area contributed by atoms with E-state index in [4.69, 9.17) is 46.4 Å². The molecule has 0 saturated heterocycles. The van der Waals surface area contributed by atoms with E-state index in [1.165, 1.54) is 24.3 Å². The Labute approximate surface area is 152 Å². The number of pyridine rings is 1. The molecule has 5 nitrogen and oxygen atoms in total. The third-order valence-electron chi connectivity index (χ3n) is 2.74. The minimum Gasteiger partial charge on any atom is -0.321 e. The molecule has 2 rings (SSSR count). The summed E-state index contributed by atoms with van der Waals surface area (Å²) in [5.41, 5.74) is 0.153. The molecule has 0 aliphatic rings. The van der Waals surface area contributed by atoms with E-state index in [2.05, 4.69) is 10.3 Å². The van der Waals surface area contributed by atoms with Crippen molar-refractivity contribution in [1.29, 1.82) is 0 Å². The smallest absolute Gasteiger partial charge is 0.275 e. The van der Waals surface area contributed by atoms with Crippen molar-refractivity contribution >= 4 is 67.8 Å². The standard InChI is InChI=1S/C13H8Cl4N2O3S/c1-23(21,22)7-4-2-6(3-5-7)18-13(20)11-9(15)8(14)10(16)12(17)19-11/h2-5H,1H3,(H,18,20). The number of halogens is 4. The van der Waals surface area contributed by atoms with Crippen molar-refractivity contribution in [2.24, 2.45) is 0 Å². The largest absolute Gasteiger partial charge is 0.321 e. The molecular weight excluding hydrogens is 406 g/mol. The summed E-state index contributed by atoms with van der Waals surface area (Å²) in [4.78, 5) is 16.1. The fraction of sp³-hybridized carbons (Fsp3) is 0.0769. The van der Waals surface area contributed by atoms with Gasteiger partial charge in [-0.15, -0.1) is 0 Å². The Morgan fingerprint density at radius 2 is 1.57 bits per heavy atom. The summed E-state index contributed by atoms with van der Waals surface area (Å²) in [6, 6.07) is 5.59. The van der Waals surface area contributed by atoms with Crippen molar-refractivity contribution in [1.82, 2.24) is 4.98 Å². The van der Waals surface area contributed by atoms with E-state index in [0.29, 0.717) is 5.69 Å². The predicted molar refractivity (Wildman–Crippen MR) is 91.8 cm³/mol. The number of nitrogens with one attached hydrogen (secondary N) is 1. The molecule has 2 aromatic rings. The lowest BCUT2D eigenvalue weighted by Gasteiger charge is -2.09. The maximum atomic E-state index is 12.2. The molecular formula is C13H8Cl4N2O3S. The summed E-state index contributed by atoms with van der Waals surface area (Å²) in [7, 11) is -3.32. The second-order valence-electron chi connectivity index (χ2n) is 4.44. The zero-order chi connectivity index (χ0) is 17.4. The maximum absolute atomic E-state index is 12.2. The van der Waals surface area contributed by atoms with Gasteiger partial charge in [0, 0.05) is 11.9 Å². The number of anilines is 1. The van der Waals surface area contributed by atoms with Crippen molar-refractivity contribution in [3.8, 4) is 0 Å². The molecule has 122 valence electrons. The number of carbonyl (C=O) groups excluding carboxylic acids is 1. The van der Waals surface area contributed by atoms with Gasteiger partial charge < -0.3 is 5.32 Å². The zero-order valence-corrected chi connectivity index (χ0v) is 15.2. The highest BCUT2D eigenvalue weighted by atomic mass is 35.5. The van der Waals surface area contributed by atoms with E-state index in [-0.39, 0.29) is 30.8 Å². The summed E-state index contributed by atoms with van der Waals surface area (Å²) in [6.07, 6.45) is 1.09. The highest BCUT2D eigenvalue weighted by molar-refractivity contribution is 7.90. The average molecular weight is 414 g/mol. The quantitative estimate of drug-likeness (QED) is 0.758. The second-order valence-corrected chi connectivity index (χ2v) is 7.95. The van der Waals surface area contributed by atoms with Crippen LogP contribution in [0.1, 0.15) is 10.5 Å². The Morgan fingerprint density at radius 1 is 1.00 bits per heavy atom. The Balaban J connectivity index is 2.30. The zero-order valence-electron chi connectivity index (χ0n) is 11.4. The van der Waals surface area contributed by atoms with Crippen LogP contribution < -0.4 is 5.32 Å². The minimum absolute atomic E-state index is 0.0487. The number of amides is 1. The summed E-state index contributed by atoms with van der Waals surface area (Å²) in [6.45, 7) is 0. The van der Waals surface area contributed by atoms with Gasteiger partial charge in [-0.3, -0.25) is 4.79 Å². The van der Waals surface area contributed by atoms with Gasteiger partial charge in [-0.25, -0.2) is 13.4 Å². The first-order chi connectivity index (χ1) is 10.6. The fourth-order valence-electron chi connectivity index (χ4n) is 1.61. The molecule has 0 bridgehead atoms. The van der Waals surface area contributed by atoms with Gasteiger partial charge in [-0.2, -0.15) is 0 Å². The van der Waals surface area contributed by atoms with Gasteiger partial charge in [0.15, 0.2) is 9.84 Å². The lowest BCUT2D eigenvalue weighted by Crippen LogP contribution is -2.15. The topological polar surface area (TPSA) is 76.1 Å². The summed E-state index contributed by atoms with van der Waals surface area (Å²) >= 11 is 23.4. The molecule has 0 aliphatic heterocycles. The van der Waals surface area contributed by atoms with Gasteiger partial charge in [-0.1, -0.05) is 46.4 Å². The van der Waals surface area contributed by atoms with E-state index >= 15 is 0 Å². The first-order valence-corrected chi connectivity index (χ1v) is 9.33. The molecule has 1 amide bonds. The van der Waals surface area contributed by atoms with Gasteiger partial charge in [0.25, 0.3) is 5.91 Å². The van der Waals surface area contributed by atoms with Gasteiger partial charge in [0.05, 0.1) is 20.0 Å². The van der Waals surface area contributed by atoms with Crippen LogP contribution in [0.25, 0.3) is 0 Å². The number of hydrogen-bond donors (Lipinski definition) is 1. The van der Waals surface area contributed by atoms with Crippen molar-refractivity contribution < 1.29 is 13.2 Å². The first-order valence-electron chi connectivity index (χ1n) is 5.92. The van der Waals surface area contributed by atoms with Crippen LogP contribution in [-0.2, 0) is 9.84 Å². The number of rotatable bonds is 3. The number of sulfone groups is 1. The molecule has 0 fully saturated rings. The van der Waals surface area contributed by atoms with Gasteiger partial charge in [0.1, 0.15) is 10.8 Å². The van der Waals surface area contributed by atoms with Crippen molar-refractivity contribution in [2.45, 2.75) is 4.90 Å². The first kappa shape index (κ1) is 18.3. The Hall–Kier alpha value is -1.05. The molecule has 1 N–H and O–H groups in total. The molecule has 0 radical (unpaired) electrons. The van der Waals surface area contributed by atoms with E-state index in [1.54, 1.807) is 0 Å². The molecule has 1 heterocycles. The molecule has 0 spiro atoms. The van der Waals surface area contributed by atoms with Gasteiger partial charge in [-0.05, 0) is 24.3 Å². The second kappa shape index (κ2) is 6.83. The molecule has 23 heavy (non-hydrogen) atoms. The van der Waals surface area contributed by atoms with E-state index in [1.807, 2.05) is 0 Å². The Kier molecular flexibility index (Phi) is 5.43. The monoisotopic (exact) mass is 412 g/mol. The number of hydrogen-bond acceptors (Lipinski definition) is 4. The highest BCUT2D eigenvalue weighted by Crippen LogP contribution is 2.36. The predicted octanol–water partition coefficient (Wildman–Crippen LogP) is 4.35. The molecule has 1 aromatic heterocycles. The van der Waals surface area contributed by atoms with Crippen LogP contribution in [0.3, 0.4) is 0 Å². The molecule has 0 atom stereocenters. The van der Waals surface area contributed by atoms with Crippen LogP contribution >= 0.6 is 46.4 Å². The SMILES string of the molecule is CS(=O)(=O)c1ccc(NC(=O)c2nc(Cl)c(Cl)c(Cl)c2Cl)cc1. The fourth-order valence-corrected chi connectivity index (χ4v) is 3.06. The van der Waals surface area contributed by atoms with E-state index in [0.717, 1.165) is 6.26 Å². The molecule has 0 unspecified atom stereocenters. The average Bonchev–Trinajstić information content (AvgIpc) is 2.48. The Bertz CT molecular complexity index is 883. The molecule has 1 aromatic carbocycles. The summed E-state index contributed by atoms with van der Waals surface area (Å²) in [5.74, 6) is -0.664. The summed E-state index contributed by atoms with van der Waals surface area (Å²) in [5, 5.41) is 2.10. The van der Waals surface area contributed by atoms with Gasteiger partial charge in [0.2, 0.25) is 0 Å². The third kappa shape index (κ3) is 4.08. The molecule has 10 heteroatoms. The summed E-state index contributed by atoms with van der Waals surface area (Å²) < 4.78 is 22.8. The van der Waals surface area contributed by atoms with Crippen LogP contribution in [0.5, 0.6) is 0 Å². The van der Waals surface area contributed by atoms with E-state index < -0.39 is 15.7 Å². The van der Waals surface area contributed by atoms with Crippen LogP contribution in [0.4, 0.5) is 5.69 Å². The lowest BCUT2D eigenvalue weighted by atomic mass is 10.3. The van der Waals surface area contributed by atoms with Crippen molar-refractivity contribution in [3.63, 3.8) is 0 Å². The van der Waals surface area contributed by atoms with Crippen LogP contribution in [0.2, 0.25) is 20.2 Å². The number of carbonyl (C=O) groups is 1. The molecule has 0 aliphatic carbocycles. The number of benzene rings is 1. The van der Waals surface area contributed by atoms with Crippen molar-refractivity contribution in [3.05, 3.63) is 50.2 Å². The lowest BCUT2D eigenvalue weighted by molar-refractivity contribution is 0.102. The number of aromatic nitrogens is 1. The highest BCUT2D eigenvalue weighted by Gasteiger charge is 2.20. The minimum atomic E-state index is -3.32. The number of nitrogens with zero attached hydrogens (tertiary/aromatic N) is 1. The molecule has 0 saturated carbocycles. The van der Waals surface area contributed by atoms with Crippen molar-refractivity contribution in [2.75, 3.05) is 11.6 Å². The van der Waals surface area contributed by atoms with Crippen LogP contribution in [0.15, 0.2) is 29.2 Å². The van der Waals surface area contributed by atoms with E-state index in [9.17, 15) is 13.2 Å². The van der Waals surface area contributed by atoms with Crippen LogP contribution in [-0.4, -0.2) is 25.6 Å².